The molecule has 0 aliphatic heterocycles. The number of amides is 1. The summed E-state index contributed by atoms with van der Waals surface area (Å²) in [6.45, 7) is 2.49. The third-order valence-corrected chi connectivity index (χ3v) is 2.31. The molecule has 0 atom stereocenters. The molecule has 2 aromatic rings. The van der Waals surface area contributed by atoms with Crippen molar-refractivity contribution in [3.63, 3.8) is 0 Å². The van der Waals surface area contributed by atoms with Crippen molar-refractivity contribution >= 4 is 11.9 Å². The average Bonchev–Trinajstić information content (AvgIpc) is 2.86. The van der Waals surface area contributed by atoms with Crippen LogP contribution in [0.25, 0.3) is 0 Å². The Hall–Kier alpha value is -2.44. The zero-order chi connectivity index (χ0) is 13.0. The molecule has 1 amide bonds. The van der Waals surface area contributed by atoms with E-state index in [1.54, 1.807) is 31.4 Å². The molecule has 0 fully saturated rings. The minimum Gasteiger partial charge on any atom is -0.497 e. The number of aryl methyl sites for hydroxylation is 1. The fourth-order valence-corrected chi connectivity index (χ4v) is 1.34. The van der Waals surface area contributed by atoms with E-state index < -0.39 is 0 Å². The third-order valence-electron chi connectivity index (χ3n) is 2.31. The van der Waals surface area contributed by atoms with Crippen LogP contribution in [0.2, 0.25) is 0 Å². The monoisotopic (exact) mass is 247 g/mol. The van der Waals surface area contributed by atoms with Crippen molar-refractivity contribution < 1.29 is 9.53 Å². The molecule has 1 heterocycles. The van der Waals surface area contributed by atoms with Gasteiger partial charge in [-0.15, -0.1) is 5.10 Å². The number of rotatable bonds is 4. The van der Waals surface area contributed by atoms with E-state index in [4.69, 9.17) is 4.74 Å². The van der Waals surface area contributed by atoms with Crippen LogP contribution >= 0.6 is 0 Å². The molecule has 2 rings (SSSR count). The highest BCUT2D eigenvalue weighted by Gasteiger charge is 2.09. The molecule has 0 saturated heterocycles. The van der Waals surface area contributed by atoms with Gasteiger partial charge in [-0.25, -0.2) is 0 Å². The summed E-state index contributed by atoms with van der Waals surface area (Å²) in [6, 6.07) is 6.76. The van der Waals surface area contributed by atoms with Crippen LogP contribution in [0.1, 0.15) is 17.3 Å². The molecule has 0 aliphatic carbocycles. The lowest BCUT2D eigenvalue weighted by Gasteiger charge is -2.02. The Bertz CT molecular complexity index is 535. The van der Waals surface area contributed by atoms with Crippen molar-refractivity contribution in [3.8, 4) is 5.75 Å². The van der Waals surface area contributed by atoms with Gasteiger partial charge in [-0.05, 0) is 36.4 Å². The van der Waals surface area contributed by atoms with E-state index >= 15 is 0 Å². The predicted molar refractivity (Wildman–Crippen MR) is 64.4 cm³/mol. The number of carbonyl (C=O) groups excluding carboxylic acids is 1. The first-order valence-corrected chi connectivity index (χ1v) is 5.46. The van der Waals surface area contributed by atoms with E-state index in [-0.39, 0.29) is 11.9 Å². The summed E-state index contributed by atoms with van der Waals surface area (Å²) in [5, 5.41) is 14.0. The Morgan fingerprint density at radius 1 is 1.39 bits per heavy atom. The number of ether oxygens (including phenoxy) is 1. The van der Waals surface area contributed by atoms with Gasteiger partial charge in [0.25, 0.3) is 11.9 Å². The number of nitrogens with one attached hydrogen (secondary N) is 1. The molecule has 0 bridgehead atoms. The molecule has 0 aliphatic rings. The number of aromatic nitrogens is 4. The zero-order valence-corrected chi connectivity index (χ0v) is 10.1. The smallest absolute Gasteiger partial charge is 0.270 e. The van der Waals surface area contributed by atoms with Gasteiger partial charge >= 0.3 is 0 Å². The molecular formula is C11H13N5O2. The number of benzene rings is 1. The molecule has 0 spiro atoms. The number of hydrogen-bond donors (Lipinski definition) is 1. The van der Waals surface area contributed by atoms with Crippen LogP contribution in [-0.2, 0) is 6.54 Å². The quantitative estimate of drug-likeness (QED) is 0.870. The summed E-state index contributed by atoms with van der Waals surface area (Å²) in [6.07, 6.45) is 0. The van der Waals surface area contributed by atoms with Crippen LogP contribution in [0, 0.1) is 0 Å². The van der Waals surface area contributed by atoms with E-state index in [1.807, 2.05) is 6.92 Å². The maximum absolute atomic E-state index is 11.8. The Morgan fingerprint density at radius 2 is 2.11 bits per heavy atom. The molecule has 1 aromatic heterocycles. The summed E-state index contributed by atoms with van der Waals surface area (Å²) in [7, 11) is 1.57. The molecule has 0 saturated carbocycles. The molecule has 94 valence electrons. The third kappa shape index (κ3) is 2.62. The number of nitrogens with zero attached hydrogens (tertiary/aromatic N) is 4. The highest BCUT2D eigenvalue weighted by molar-refractivity contribution is 6.03. The van der Waals surface area contributed by atoms with Crippen molar-refractivity contribution in [2.45, 2.75) is 13.5 Å². The largest absolute Gasteiger partial charge is 0.497 e. The van der Waals surface area contributed by atoms with Gasteiger partial charge < -0.3 is 4.74 Å². The SMILES string of the molecule is CCn1nnc(NC(=O)c2ccc(OC)cc2)n1. The van der Waals surface area contributed by atoms with Crippen LogP contribution in [0.5, 0.6) is 5.75 Å². The first-order chi connectivity index (χ1) is 8.72. The fraction of sp³-hybridized carbons (Fsp3) is 0.273. The lowest BCUT2D eigenvalue weighted by Crippen LogP contribution is -2.13. The normalized spacial score (nSPS) is 10.1. The molecule has 1 aromatic carbocycles. The Morgan fingerprint density at radius 3 is 2.67 bits per heavy atom. The Balaban J connectivity index is 2.06. The number of hydrogen-bond acceptors (Lipinski definition) is 5. The van der Waals surface area contributed by atoms with Crippen LogP contribution < -0.4 is 10.1 Å². The van der Waals surface area contributed by atoms with Crippen LogP contribution in [0.4, 0.5) is 5.95 Å². The van der Waals surface area contributed by atoms with Gasteiger partial charge in [0.2, 0.25) is 0 Å². The second kappa shape index (κ2) is 5.26. The summed E-state index contributed by atoms with van der Waals surface area (Å²) in [4.78, 5) is 13.2. The second-order valence-corrected chi connectivity index (χ2v) is 3.48. The van der Waals surface area contributed by atoms with E-state index in [1.165, 1.54) is 4.80 Å². The zero-order valence-electron chi connectivity index (χ0n) is 10.1. The maximum atomic E-state index is 11.8. The lowest BCUT2D eigenvalue weighted by molar-refractivity contribution is 0.102. The summed E-state index contributed by atoms with van der Waals surface area (Å²) >= 11 is 0. The topological polar surface area (TPSA) is 81.9 Å². The molecule has 18 heavy (non-hydrogen) atoms. The Labute approximate surface area is 104 Å². The van der Waals surface area contributed by atoms with Gasteiger partial charge in [0.05, 0.1) is 13.7 Å². The first kappa shape index (κ1) is 12.0. The van der Waals surface area contributed by atoms with Crippen molar-refractivity contribution in [3.05, 3.63) is 29.8 Å². The summed E-state index contributed by atoms with van der Waals surface area (Å²) in [5.74, 6) is 0.604. The van der Waals surface area contributed by atoms with Crippen LogP contribution in [0.3, 0.4) is 0 Å². The minimum atomic E-state index is -0.284. The Kier molecular flexibility index (Phi) is 3.52. The van der Waals surface area contributed by atoms with Gasteiger partial charge in [-0.2, -0.15) is 4.80 Å². The van der Waals surface area contributed by atoms with E-state index in [0.717, 1.165) is 0 Å². The molecule has 0 unspecified atom stereocenters. The first-order valence-electron chi connectivity index (χ1n) is 5.46. The predicted octanol–water partition coefficient (Wildman–Crippen LogP) is 0.954. The van der Waals surface area contributed by atoms with Gasteiger partial charge in [0.15, 0.2) is 0 Å². The number of carbonyl (C=O) groups is 1. The van der Waals surface area contributed by atoms with E-state index in [9.17, 15) is 4.79 Å². The maximum Gasteiger partial charge on any atom is 0.270 e. The van der Waals surface area contributed by atoms with Crippen LogP contribution in [0.15, 0.2) is 24.3 Å². The standard InChI is InChI=1S/C11H13N5O2/c1-3-16-14-11(13-15-16)12-10(17)8-4-6-9(18-2)7-5-8/h4-7H,3H2,1-2H3,(H,12,14,17). The highest BCUT2D eigenvalue weighted by Crippen LogP contribution is 2.12. The molecule has 0 radical (unpaired) electrons. The second-order valence-electron chi connectivity index (χ2n) is 3.48. The number of tetrazole rings is 1. The van der Waals surface area contributed by atoms with Gasteiger partial charge in [-0.1, -0.05) is 5.10 Å². The van der Waals surface area contributed by atoms with Crippen molar-refractivity contribution in [2.24, 2.45) is 0 Å². The highest BCUT2D eigenvalue weighted by atomic mass is 16.5. The summed E-state index contributed by atoms with van der Waals surface area (Å²) < 4.78 is 5.02. The minimum absolute atomic E-state index is 0.192. The number of methoxy groups -OCH3 is 1. The van der Waals surface area contributed by atoms with Gasteiger partial charge in [-0.3, -0.25) is 10.1 Å². The number of anilines is 1. The van der Waals surface area contributed by atoms with Gasteiger partial charge in [0, 0.05) is 5.56 Å². The van der Waals surface area contributed by atoms with Crippen molar-refractivity contribution in [1.29, 1.82) is 0 Å². The molecular weight excluding hydrogens is 234 g/mol. The lowest BCUT2D eigenvalue weighted by atomic mass is 10.2. The fourth-order valence-electron chi connectivity index (χ4n) is 1.34. The molecule has 7 heteroatoms. The van der Waals surface area contributed by atoms with Gasteiger partial charge in [0.1, 0.15) is 5.75 Å². The van der Waals surface area contributed by atoms with Crippen LogP contribution in [-0.4, -0.2) is 33.2 Å². The van der Waals surface area contributed by atoms with Crippen molar-refractivity contribution in [1.82, 2.24) is 20.2 Å². The van der Waals surface area contributed by atoms with Crippen molar-refractivity contribution in [2.75, 3.05) is 12.4 Å². The molecule has 1 N–H and O–H groups in total. The summed E-state index contributed by atoms with van der Waals surface area (Å²) in [5.41, 5.74) is 0.503. The average molecular weight is 247 g/mol. The van der Waals surface area contributed by atoms with E-state index in [0.29, 0.717) is 17.9 Å². The van der Waals surface area contributed by atoms with E-state index in [2.05, 4.69) is 20.7 Å². The molecule has 7 nitrogen and oxygen atoms in total.